The molecule has 0 spiro atoms. The molecule has 0 saturated heterocycles. The fraction of sp³-hybridized carbons (Fsp3) is 0.118. The summed E-state index contributed by atoms with van der Waals surface area (Å²) in [5, 5.41) is 0. The molecule has 0 aromatic heterocycles. The van der Waals surface area contributed by atoms with Gasteiger partial charge in [0.2, 0.25) is 0 Å². The summed E-state index contributed by atoms with van der Waals surface area (Å²) in [6, 6.07) is 17.2. The average Bonchev–Trinajstić information content (AvgIpc) is 2.53. The molecule has 1 unspecified atom stereocenters. The lowest BCUT2D eigenvalue weighted by Crippen LogP contribution is -2.19. The van der Waals surface area contributed by atoms with Crippen LogP contribution in [0.4, 0.5) is 0 Å². The first-order valence-electron chi connectivity index (χ1n) is 6.39. The maximum absolute atomic E-state index is 11.5. The highest BCUT2D eigenvalue weighted by molar-refractivity contribution is 5.90. The van der Waals surface area contributed by atoms with E-state index in [-0.39, 0.29) is 0 Å². The minimum atomic E-state index is -0.432. The first-order valence-corrected chi connectivity index (χ1v) is 6.39. The van der Waals surface area contributed by atoms with E-state index in [0.717, 1.165) is 23.2 Å². The Morgan fingerprint density at radius 1 is 1.05 bits per heavy atom. The van der Waals surface area contributed by atoms with Gasteiger partial charge in [-0.05, 0) is 17.7 Å². The minimum Gasteiger partial charge on any atom is -0.495 e. The molecule has 1 atom stereocenters. The topological polar surface area (TPSA) is 35.5 Å². The monoisotopic (exact) mass is 266 g/mol. The third-order valence-corrected chi connectivity index (χ3v) is 3.35. The number of carbonyl (C=O) groups is 1. The Morgan fingerprint density at radius 3 is 2.45 bits per heavy atom. The number of aldehydes is 1. The summed E-state index contributed by atoms with van der Waals surface area (Å²) in [5.74, 6) is 1.31. The lowest BCUT2D eigenvalue weighted by Gasteiger charge is -2.28. The van der Waals surface area contributed by atoms with E-state index >= 15 is 0 Å². The Morgan fingerprint density at radius 2 is 1.75 bits per heavy atom. The van der Waals surface area contributed by atoms with Gasteiger partial charge in [-0.25, -0.2) is 0 Å². The number of benzene rings is 2. The number of methoxy groups -OCH3 is 1. The first kappa shape index (κ1) is 12.5. The zero-order chi connectivity index (χ0) is 13.9. The lowest BCUT2D eigenvalue weighted by atomic mass is 9.95. The minimum absolute atomic E-state index is 0.432. The van der Waals surface area contributed by atoms with Crippen LogP contribution < -0.4 is 4.74 Å². The van der Waals surface area contributed by atoms with E-state index in [0.29, 0.717) is 11.3 Å². The van der Waals surface area contributed by atoms with Crippen molar-refractivity contribution in [2.45, 2.75) is 6.10 Å². The van der Waals surface area contributed by atoms with Crippen molar-refractivity contribution in [3.05, 3.63) is 71.3 Å². The van der Waals surface area contributed by atoms with Crippen molar-refractivity contribution in [3.63, 3.8) is 0 Å². The Kier molecular flexibility index (Phi) is 3.25. The van der Waals surface area contributed by atoms with Crippen LogP contribution in [-0.4, -0.2) is 13.4 Å². The van der Waals surface area contributed by atoms with Gasteiger partial charge >= 0.3 is 0 Å². The molecule has 1 aliphatic rings. The molecule has 100 valence electrons. The number of hydrogen-bond donors (Lipinski definition) is 0. The molecule has 2 aromatic rings. The van der Waals surface area contributed by atoms with Gasteiger partial charge in [0, 0.05) is 0 Å². The molecular formula is C17H14O3. The second kappa shape index (κ2) is 5.21. The molecule has 1 aliphatic heterocycles. The van der Waals surface area contributed by atoms with E-state index in [1.54, 1.807) is 7.11 Å². The molecular weight excluding hydrogens is 252 g/mol. The molecule has 0 N–H and O–H groups in total. The van der Waals surface area contributed by atoms with Crippen molar-refractivity contribution in [1.29, 1.82) is 0 Å². The quantitative estimate of drug-likeness (QED) is 0.799. The Hall–Kier alpha value is -2.55. The van der Waals surface area contributed by atoms with Crippen molar-refractivity contribution in [1.82, 2.24) is 0 Å². The van der Waals surface area contributed by atoms with Crippen LogP contribution in [0.25, 0.3) is 5.76 Å². The van der Waals surface area contributed by atoms with Crippen LogP contribution in [-0.2, 0) is 9.53 Å². The van der Waals surface area contributed by atoms with Crippen LogP contribution >= 0.6 is 0 Å². The van der Waals surface area contributed by atoms with Gasteiger partial charge in [0.25, 0.3) is 0 Å². The standard InChI is InChI=1S/C17H14O3/c1-19-17-13-9-5-6-10-15(13)20-16(14(17)11-18)12-7-3-2-4-8-12/h2-11,16H,1H3. The number of carbonyl (C=O) groups excluding carboxylic acids is 1. The van der Waals surface area contributed by atoms with E-state index in [1.807, 2.05) is 54.6 Å². The molecule has 2 aromatic carbocycles. The molecule has 3 rings (SSSR count). The highest BCUT2D eigenvalue weighted by atomic mass is 16.5. The van der Waals surface area contributed by atoms with E-state index in [2.05, 4.69) is 0 Å². The number of para-hydroxylation sites is 1. The number of fused-ring (bicyclic) bond motifs is 1. The van der Waals surface area contributed by atoms with Crippen molar-refractivity contribution >= 4 is 12.0 Å². The normalized spacial score (nSPS) is 17.1. The number of hydrogen-bond acceptors (Lipinski definition) is 3. The molecule has 0 bridgehead atoms. The van der Waals surface area contributed by atoms with Crippen LogP contribution in [0.3, 0.4) is 0 Å². The van der Waals surface area contributed by atoms with Gasteiger partial charge in [0.15, 0.2) is 12.4 Å². The molecule has 0 radical (unpaired) electrons. The smallest absolute Gasteiger partial charge is 0.156 e. The fourth-order valence-electron chi connectivity index (χ4n) is 2.44. The zero-order valence-electron chi connectivity index (χ0n) is 11.1. The SMILES string of the molecule is COC1=C(C=O)C(c2ccccc2)Oc2ccccc21. The Labute approximate surface area is 117 Å². The van der Waals surface area contributed by atoms with E-state index in [9.17, 15) is 4.79 Å². The molecule has 0 aliphatic carbocycles. The highest BCUT2D eigenvalue weighted by Crippen LogP contribution is 2.41. The number of rotatable bonds is 3. The van der Waals surface area contributed by atoms with Crippen LogP contribution in [0.5, 0.6) is 5.75 Å². The maximum Gasteiger partial charge on any atom is 0.156 e. The molecule has 0 fully saturated rings. The maximum atomic E-state index is 11.5. The van der Waals surface area contributed by atoms with Gasteiger partial charge in [-0.1, -0.05) is 42.5 Å². The van der Waals surface area contributed by atoms with Crippen molar-refractivity contribution in [2.24, 2.45) is 0 Å². The summed E-state index contributed by atoms with van der Waals surface area (Å²) in [5.41, 5.74) is 2.25. The van der Waals surface area contributed by atoms with Gasteiger partial charge in [-0.2, -0.15) is 0 Å². The Bertz CT molecular complexity index is 659. The first-order chi connectivity index (χ1) is 9.85. The third-order valence-electron chi connectivity index (χ3n) is 3.35. The average molecular weight is 266 g/mol. The summed E-state index contributed by atoms with van der Waals surface area (Å²) in [6.07, 6.45) is 0.380. The largest absolute Gasteiger partial charge is 0.495 e. The molecule has 3 heteroatoms. The van der Waals surface area contributed by atoms with Crippen LogP contribution in [0.15, 0.2) is 60.2 Å². The van der Waals surface area contributed by atoms with Crippen LogP contribution in [0.2, 0.25) is 0 Å². The van der Waals surface area contributed by atoms with Crippen LogP contribution in [0.1, 0.15) is 17.2 Å². The third kappa shape index (κ3) is 1.97. The predicted octanol–water partition coefficient (Wildman–Crippen LogP) is 3.38. The van der Waals surface area contributed by atoms with Gasteiger partial charge in [0.05, 0.1) is 18.2 Å². The fourth-order valence-corrected chi connectivity index (χ4v) is 2.44. The van der Waals surface area contributed by atoms with Crippen molar-refractivity contribution < 1.29 is 14.3 Å². The molecule has 20 heavy (non-hydrogen) atoms. The molecule has 1 heterocycles. The van der Waals surface area contributed by atoms with Gasteiger partial charge in [-0.15, -0.1) is 0 Å². The van der Waals surface area contributed by atoms with Crippen molar-refractivity contribution in [2.75, 3.05) is 7.11 Å². The molecule has 3 nitrogen and oxygen atoms in total. The van der Waals surface area contributed by atoms with E-state index in [4.69, 9.17) is 9.47 Å². The zero-order valence-corrected chi connectivity index (χ0v) is 11.1. The van der Waals surface area contributed by atoms with Crippen LogP contribution in [0, 0.1) is 0 Å². The van der Waals surface area contributed by atoms with E-state index in [1.165, 1.54) is 0 Å². The molecule has 0 amide bonds. The number of ether oxygens (including phenoxy) is 2. The summed E-state index contributed by atoms with van der Waals surface area (Å²) >= 11 is 0. The Balaban J connectivity index is 2.17. The van der Waals surface area contributed by atoms with Gasteiger partial charge in [-0.3, -0.25) is 4.79 Å². The van der Waals surface area contributed by atoms with E-state index < -0.39 is 6.10 Å². The van der Waals surface area contributed by atoms with Crippen molar-refractivity contribution in [3.8, 4) is 5.75 Å². The van der Waals surface area contributed by atoms with Gasteiger partial charge in [0.1, 0.15) is 11.5 Å². The second-order valence-corrected chi connectivity index (χ2v) is 4.51. The lowest BCUT2D eigenvalue weighted by molar-refractivity contribution is -0.105. The predicted molar refractivity (Wildman–Crippen MR) is 76.2 cm³/mol. The summed E-state index contributed by atoms with van der Waals surface area (Å²) in [7, 11) is 1.57. The summed E-state index contributed by atoms with van der Waals surface area (Å²) in [4.78, 5) is 11.5. The summed E-state index contributed by atoms with van der Waals surface area (Å²) < 4.78 is 11.4. The second-order valence-electron chi connectivity index (χ2n) is 4.51. The highest BCUT2D eigenvalue weighted by Gasteiger charge is 2.30. The van der Waals surface area contributed by atoms with Gasteiger partial charge < -0.3 is 9.47 Å². The summed E-state index contributed by atoms with van der Waals surface area (Å²) in [6.45, 7) is 0. The molecule has 0 saturated carbocycles.